The Hall–Kier alpha value is -11.2. The smallest absolute Gasteiger partial charge is 0.165 e. The Morgan fingerprint density at radius 1 is 0.222 bits per heavy atom. The van der Waals surface area contributed by atoms with Crippen LogP contribution < -0.4 is 0 Å². The molecule has 0 spiro atoms. The molecule has 0 aliphatic rings. The standard InChI is InChI=1S/C83H63N7/c1-48-24-15-38-62-70(48)71-49(2)25-16-39-63(71)87(62)79-78(59-37-23-36-58(46-59)61-47-60(56-32-11-9-12-33-56)84-81(85-61)57-34-13-10-14-35-57)80(88-64-40-17-26-50(3)72(64)73-51(4)27-18-41-65(73)88)83(90-68-44-21-30-54(7)76(68)77-55(8)31-22-45-69(77)90)86-82(79)89-66-42-19-28-52(5)74(66)75-53(6)29-20-43-67(75)89/h9-47H,1-8H3. The fraction of sp³-hybridized carbons (Fsp3) is 0.0964. The van der Waals surface area contributed by atoms with Crippen molar-refractivity contribution in [3.63, 3.8) is 0 Å². The third-order valence-corrected chi connectivity index (χ3v) is 19.2. The Morgan fingerprint density at radius 2 is 0.489 bits per heavy atom. The van der Waals surface area contributed by atoms with Crippen molar-refractivity contribution in [3.05, 3.63) is 281 Å². The summed E-state index contributed by atoms with van der Waals surface area (Å²) in [5.74, 6) is 2.26. The first-order valence-corrected chi connectivity index (χ1v) is 31.2. The van der Waals surface area contributed by atoms with E-state index in [1.165, 1.54) is 87.6 Å². The maximum Gasteiger partial charge on any atom is 0.165 e. The molecule has 0 bridgehead atoms. The molecule has 7 nitrogen and oxygen atoms in total. The second-order valence-corrected chi connectivity index (χ2v) is 24.7. The quantitative estimate of drug-likeness (QED) is 0.152. The van der Waals surface area contributed by atoms with Crippen molar-refractivity contribution in [2.24, 2.45) is 0 Å². The lowest BCUT2D eigenvalue weighted by atomic mass is 9.97. The largest absolute Gasteiger partial charge is 0.305 e. The Kier molecular flexibility index (Phi) is 11.9. The summed E-state index contributed by atoms with van der Waals surface area (Å²) in [6.45, 7) is 18.1. The molecule has 7 heteroatoms. The van der Waals surface area contributed by atoms with Gasteiger partial charge in [-0.25, -0.2) is 15.0 Å². The lowest BCUT2D eigenvalue weighted by Crippen LogP contribution is -2.16. The van der Waals surface area contributed by atoms with Gasteiger partial charge in [0.15, 0.2) is 17.5 Å². The third kappa shape index (κ3) is 7.75. The fourth-order valence-electron chi connectivity index (χ4n) is 15.2. The monoisotopic (exact) mass is 1160 g/mol. The molecular formula is C83H63N7. The molecule has 0 saturated carbocycles. The highest BCUT2D eigenvalue weighted by Gasteiger charge is 2.34. The van der Waals surface area contributed by atoms with Gasteiger partial charge in [0.25, 0.3) is 0 Å². The molecule has 0 saturated heterocycles. The zero-order valence-electron chi connectivity index (χ0n) is 51.6. The number of rotatable bonds is 8. The van der Waals surface area contributed by atoms with E-state index in [1.54, 1.807) is 0 Å². The highest BCUT2D eigenvalue weighted by Crippen LogP contribution is 2.51. The number of hydrogen-bond donors (Lipinski definition) is 0. The number of aromatic nitrogens is 7. The van der Waals surface area contributed by atoms with E-state index in [0.717, 1.165) is 106 Å². The van der Waals surface area contributed by atoms with Crippen LogP contribution in [-0.2, 0) is 0 Å². The summed E-state index contributed by atoms with van der Waals surface area (Å²) in [6, 6.07) is 86.5. The van der Waals surface area contributed by atoms with E-state index < -0.39 is 0 Å². The summed E-state index contributed by atoms with van der Waals surface area (Å²) in [6.07, 6.45) is 0. The fourth-order valence-corrected chi connectivity index (χ4v) is 15.2. The van der Waals surface area contributed by atoms with Gasteiger partial charge >= 0.3 is 0 Å². The minimum atomic E-state index is 0.660. The van der Waals surface area contributed by atoms with Gasteiger partial charge in [-0.15, -0.1) is 0 Å². The van der Waals surface area contributed by atoms with Gasteiger partial charge in [-0.3, -0.25) is 9.13 Å². The highest BCUT2D eigenvalue weighted by atomic mass is 15.2. The molecule has 6 heterocycles. The lowest BCUT2D eigenvalue weighted by molar-refractivity contribution is 0.960. The molecule has 17 rings (SSSR count). The molecule has 0 aliphatic carbocycles. The van der Waals surface area contributed by atoms with E-state index in [-0.39, 0.29) is 0 Å². The van der Waals surface area contributed by atoms with E-state index in [2.05, 4.69) is 304 Å². The van der Waals surface area contributed by atoms with Crippen molar-refractivity contribution in [2.45, 2.75) is 55.4 Å². The van der Waals surface area contributed by atoms with Gasteiger partial charge < -0.3 is 9.13 Å². The van der Waals surface area contributed by atoms with Crippen LogP contribution in [0, 0.1) is 55.4 Å². The summed E-state index contributed by atoms with van der Waals surface area (Å²) in [4.78, 5) is 17.4. The molecule has 0 fully saturated rings. The Balaban J connectivity index is 1.17. The van der Waals surface area contributed by atoms with Crippen LogP contribution in [0.2, 0.25) is 0 Å². The minimum Gasteiger partial charge on any atom is -0.305 e. The average Bonchev–Trinajstić information content (AvgIpc) is 1.46. The van der Waals surface area contributed by atoms with Crippen molar-refractivity contribution in [3.8, 4) is 68.0 Å². The number of fused-ring (bicyclic) bond motifs is 12. The Labute approximate surface area is 522 Å². The molecule has 0 amide bonds. The van der Waals surface area contributed by atoms with E-state index in [0.29, 0.717) is 5.82 Å². The summed E-state index contributed by atoms with van der Waals surface area (Å²) in [5.41, 5.74) is 26.9. The Bertz CT molecular complexity index is 5300. The predicted molar refractivity (Wildman–Crippen MR) is 377 cm³/mol. The van der Waals surface area contributed by atoms with Gasteiger partial charge in [-0.1, -0.05) is 176 Å². The topological polar surface area (TPSA) is 58.4 Å². The van der Waals surface area contributed by atoms with Crippen LogP contribution >= 0.6 is 0 Å². The maximum absolute atomic E-state index is 6.63. The van der Waals surface area contributed by atoms with Crippen LogP contribution in [-0.4, -0.2) is 33.2 Å². The van der Waals surface area contributed by atoms with Gasteiger partial charge in [0.1, 0.15) is 11.4 Å². The second kappa shape index (κ2) is 20.2. The number of nitrogens with zero attached hydrogens (tertiary/aromatic N) is 7. The van der Waals surface area contributed by atoms with Crippen molar-refractivity contribution in [1.29, 1.82) is 0 Å². The van der Waals surface area contributed by atoms with Crippen molar-refractivity contribution >= 4 is 87.2 Å². The van der Waals surface area contributed by atoms with E-state index in [4.69, 9.17) is 15.0 Å². The average molecular weight is 1160 g/mol. The van der Waals surface area contributed by atoms with Crippen LogP contribution in [0.25, 0.3) is 155 Å². The zero-order valence-corrected chi connectivity index (χ0v) is 51.6. The van der Waals surface area contributed by atoms with Gasteiger partial charge in [-0.05, 0) is 166 Å². The molecule has 0 radical (unpaired) electrons. The van der Waals surface area contributed by atoms with E-state index in [9.17, 15) is 0 Å². The molecule has 0 atom stereocenters. The first kappa shape index (κ1) is 53.1. The summed E-state index contributed by atoms with van der Waals surface area (Å²) >= 11 is 0. The third-order valence-electron chi connectivity index (χ3n) is 19.2. The van der Waals surface area contributed by atoms with Crippen LogP contribution in [0.4, 0.5) is 0 Å². The number of benzene rings is 11. The number of pyridine rings is 1. The normalized spacial score (nSPS) is 12.0. The SMILES string of the molecule is Cc1cccc2c1c1c(C)cccc1n2-c1nc(-n2c3cccc(C)c3c3c(C)cccc32)c(-n2c3cccc(C)c3c3c(C)cccc32)c(-c2cccc(-c3cc(-c4ccccc4)nc(-c4ccccc4)n3)c2)c1-n1c2cccc(C)c2c2c(C)cccc21. The van der Waals surface area contributed by atoms with Crippen molar-refractivity contribution in [1.82, 2.24) is 33.2 Å². The molecule has 6 aromatic heterocycles. The van der Waals surface area contributed by atoms with Gasteiger partial charge in [0, 0.05) is 65.3 Å². The molecule has 11 aromatic carbocycles. The molecular weight excluding hydrogens is 1090 g/mol. The zero-order chi connectivity index (χ0) is 60.8. The second-order valence-electron chi connectivity index (χ2n) is 24.7. The number of hydrogen-bond acceptors (Lipinski definition) is 3. The summed E-state index contributed by atoms with van der Waals surface area (Å²) < 4.78 is 10.1. The molecule has 0 N–H and O–H groups in total. The van der Waals surface area contributed by atoms with E-state index >= 15 is 0 Å². The Morgan fingerprint density at radius 3 is 0.822 bits per heavy atom. The highest BCUT2D eigenvalue weighted by molar-refractivity contribution is 6.18. The summed E-state index contributed by atoms with van der Waals surface area (Å²) in [7, 11) is 0. The van der Waals surface area contributed by atoms with E-state index in [1.807, 2.05) is 6.07 Å². The van der Waals surface area contributed by atoms with Crippen LogP contribution in [0.15, 0.2) is 237 Å². The summed E-state index contributed by atoms with van der Waals surface area (Å²) in [5, 5.41) is 9.72. The van der Waals surface area contributed by atoms with Crippen molar-refractivity contribution in [2.75, 3.05) is 0 Å². The molecule has 0 aliphatic heterocycles. The first-order chi connectivity index (χ1) is 44.0. The van der Waals surface area contributed by atoms with Crippen molar-refractivity contribution < 1.29 is 0 Å². The molecule has 17 aromatic rings. The molecule has 90 heavy (non-hydrogen) atoms. The van der Waals surface area contributed by atoms with Crippen LogP contribution in [0.5, 0.6) is 0 Å². The van der Waals surface area contributed by atoms with Crippen LogP contribution in [0.3, 0.4) is 0 Å². The molecule has 0 unspecified atom stereocenters. The van der Waals surface area contributed by atoms with Gasteiger partial charge in [0.05, 0.1) is 55.5 Å². The van der Waals surface area contributed by atoms with Gasteiger partial charge in [-0.2, -0.15) is 0 Å². The number of aryl methyl sites for hydroxylation is 8. The maximum atomic E-state index is 6.63. The minimum absolute atomic E-state index is 0.660. The van der Waals surface area contributed by atoms with Crippen LogP contribution in [0.1, 0.15) is 44.5 Å². The molecule has 430 valence electrons. The van der Waals surface area contributed by atoms with Gasteiger partial charge in [0.2, 0.25) is 0 Å². The predicted octanol–water partition coefficient (Wildman–Crippen LogP) is 21.4. The first-order valence-electron chi connectivity index (χ1n) is 31.2. The lowest BCUT2D eigenvalue weighted by Gasteiger charge is -2.27.